The fourth-order valence-electron chi connectivity index (χ4n) is 2.93. The van der Waals surface area contributed by atoms with Crippen molar-refractivity contribution in [3.63, 3.8) is 0 Å². The van der Waals surface area contributed by atoms with E-state index < -0.39 is 0 Å². The number of fused-ring (bicyclic) bond motifs is 1. The average molecular weight is 153 g/mol. The van der Waals surface area contributed by atoms with Gasteiger partial charge in [-0.15, -0.1) is 0 Å². The summed E-state index contributed by atoms with van der Waals surface area (Å²) in [4.78, 5) is 0. The van der Waals surface area contributed by atoms with E-state index in [0.29, 0.717) is 0 Å². The molecule has 1 heterocycles. The van der Waals surface area contributed by atoms with Gasteiger partial charge in [0.05, 0.1) is 0 Å². The van der Waals surface area contributed by atoms with Gasteiger partial charge in [-0.25, -0.2) is 0 Å². The molecule has 1 aliphatic heterocycles. The van der Waals surface area contributed by atoms with Crippen molar-refractivity contribution in [2.45, 2.75) is 45.1 Å². The van der Waals surface area contributed by atoms with Crippen molar-refractivity contribution in [2.75, 3.05) is 6.54 Å². The molecule has 1 saturated heterocycles. The summed E-state index contributed by atoms with van der Waals surface area (Å²) in [6.07, 6.45) is 7.25. The monoisotopic (exact) mass is 153 g/mol. The Kier molecular flexibility index (Phi) is 2.17. The first kappa shape index (κ1) is 7.60. The van der Waals surface area contributed by atoms with Crippen molar-refractivity contribution in [2.24, 2.45) is 11.8 Å². The molecule has 0 spiro atoms. The average Bonchev–Trinajstić information content (AvgIpc) is 2.53. The van der Waals surface area contributed by atoms with Crippen LogP contribution in [0.2, 0.25) is 0 Å². The maximum absolute atomic E-state index is 3.66. The topological polar surface area (TPSA) is 12.0 Å². The molecule has 2 fully saturated rings. The van der Waals surface area contributed by atoms with E-state index in [1.165, 1.54) is 38.6 Å². The lowest BCUT2D eigenvalue weighted by atomic mass is 9.92. The molecular weight excluding hydrogens is 134 g/mol. The van der Waals surface area contributed by atoms with Gasteiger partial charge in [0.2, 0.25) is 0 Å². The minimum absolute atomic E-state index is 0.882. The van der Waals surface area contributed by atoms with Gasteiger partial charge in [0.25, 0.3) is 0 Å². The molecule has 1 heteroatoms. The lowest BCUT2D eigenvalue weighted by molar-refractivity contribution is 0.391. The van der Waals surface area contributed by atoms with E-state index in [1.54, 1.807) is 0 Å². The maximum Gasteiger partial charge on any atom is 0.00984 e. The quantitative estimate of drug-likeness (QED) is 0.641. The van der Waals surface area contributed by atoms with Crippen LogP contribution in [0.1, 0.15) is 39.0 Å². The van der Waals surface area contributed by atoms with Gasteiger partial charge in [-0.1, -0.05) is 19.8 Å². The molecule has 0 bridgehead atoms. The highest BCUT2D eigenvalue weighted by Gasteiger charge is 2.37. The minimum Gasteiger partial charge on any atom is -0.313 e. The van der Waals surface area contributed by atoms with Crippen molar-refractivity contribution in [3.8, 4) is 0 Å². The summed E-state index contributed by atoms with van der Waals surface area (Å²) >= 11 is 0. The Morgan fingerprint density at radius 2 is 2.27 bits per heavy atom. The van der Waals surface area contributed by atoms with Crippen LogP contribution in [0, 0.1) is 11.8 Å². The van der Waals surface area contributed by atoms with Crippen LogP contribution in [-0.4, -0.2) is 12.6 Å². The van der Waals surface area contributed by atoms with E-state index in [0.717, 1.165) is 17.9 Å². The molecule has 1 aliphatic carbocycles. The lowest BCUT2D eigenvalue weighted by Gasteiger charge is -2.16. The van der Waals surface area contributed by atoms with Crippen molar-refractivity contribution >= 4 is 0 Å². The first-order valence-corrected chi connectivity index (χ1v) is 5.15. The fraction of sp³-hybridized carbons (Fsp3) is 1.00. The molecule has 0 aromatic carbocycles. The Balaban J connectivity index is 1.92. The van der Waals surface area contributed by atoms with Crippen LogP contribution in [0.5, 0.6) is 0 Å². The number of nitrogens with one attached hydrogen (secondary N) is 1. The second kappa shape index (κ2) is 3.14. The Bertz CT molecular complexity index is 131. The van der Waals surface area contributed by atoms with E-state index in [2.05, 4.69) is 12.2 Å². The van der Waals surface area contributed by atoms with Gasteiger partial charge >= 0.3 is 0 Å². The molecule has 3 unspecified atom stereocenters. The predicted molar refractivity (Wildman–Crippen MR) is 47.5 cm³/mol. The SMILES string of the molecule is CCCC1NCC2CCCC21. The van der Waals surface area contributed by atoms with E-state index in [4.69, 9.17) is 0 Å². The second-order valence-electron chi connectivity index (χ2n) is 4.16. The molecule has 1 nitrogen and oxygen atoms in total. The molecule has 0 aromatic rings. The highest BCUT2D eigenvalue weighted by Crippen LogP contribution is 2.38. The highest BCUT2D eigenvalue weighted by molar-refractivity contribution is 4.93. The Morgan fingerprint density at radius 3 is 3.09 bits per heavy atom. The number of hydrogen-bond acceptors (Lipinski definition) is 1. The number of hydrogen-bond donors (Lipinski definition) is 1. The van der Waals surface area contributed by atoms with Crippen LogP contribution in [0.3, 0.4) is 0 Å². The van der Waals surface area contributed by atoms with Crippen LogP contribution in [-0.2, 0) is 0 Å². The van der Waals surface area contributed by atoms with Crippen LogP contribution < -0.4 is 5.32 Å². The largest absolute Gasteiger partial charge is 0.313 e. The van der Waals surface area contributed by atoms with Crippen molar-refractivity contribution < 1.29 is 0 Å². The minimum atomic E-state index is 0.882. The Morgan fingerprint density at radius 1 is 1.36 bits per heavy atom. The summed E-state index contributed by atoms with van der Waals surface area (Å²) < 4.78 is 0. The molecule has 2 rings (SSSR count). The van der Waals surface area contributed by atoms with E-state index in [-0.39, 0.29) is 0 Å². The number of rotatable bonds is 2. The third-order valence-corrected chi connectivity index (χ3v) is 3.48. The zero-order valence-corrected chi connectivity index (χ0v) is 7.47. The first-order chi connectivity index (χ1) is 5.42. The third kappa shape index (κ3) is 1.31. The third-order valence-electron chi connectivity index (χ3n) is 3.48. The summed E-state index contributed by atoms with van der Waals surface area (Å²) in [5.41, 5.74) is 0. The van der Waals surface area contributed by atoms with Gasteiger partial charge in [-0.05, 0) is 37.6 Å². The Labute approximate surface area is 69.6 Å². The molecule has 1 N–H and O–H groups in total. The molecular formula is C10H19N. The van der Waals surface area contributed by atoms with E-state index in [9.17, 15) is 0 Å². The fourth-order valence-corrected chi connectivity index (χ4v) is 2.93. The van der Waals surface area contributed by atoms with E-state index in [1.807, 2.05) is 0 Å². The zero-order chi connectivity index (χ0) is 7.68. The molecule has 11 heavy (non-hydrogen) atoms. The predicted octanol–water partition coefficient (Wildman–Crippen LogP) is 2.17. The van der Waals surface area contributed by atoms with Gasteiger partial charge in [0, 0.05) is 6.04 Å². The van der Waals surface area contributed by atoms with Gasteiger partial charge in [-0.2, -0.15) is 0 Å². The van der Waals surface area contributed by atoms with Crippen LogP contribution >= 0.6 is 0 Å². The zero-order valence-electron chi connectivity index (χ0n) is 7.47. The first-order valence-electron chi connectivity index (χ1n) is 5.15. The summed E-state index contributed by atoms with van der Waals surface area (Å²) in [6.45, 7) is 3.61. The van der Waals surface area contributed by atoms with Crippen LogP contribution in [0.4, 0.5) is 0 Å². The molecule has 1 saturated carbocycles. The summed E-state index contributed by atoms with van der Waals surface area (Å²) in [5, 5.41) is 3.66. The summed E-state index contributed by atoms with van der Waals surface area (Å²) in [5.74, 6) is 2.10. The normalized spacial score (nSPS) is 42.8. The van der Waals surface area contributed by atoms with Crippen molar-refractivity contribution in [1.29, 1.82) is 0 Å². The summed E-state index contributed by atoms with van der Waals surface area (Å²) in [6, 6.07) is 0.882. The maximum atomic E-state index is 3.66. The van der Waals surface area contributed by atoms with E-state index >= 15 is 0 Å². The van der Waals surface area contributed by atoms with Gasteiger partial charge in [0.15, 0.2) is 0 Å². The van der Waals surface area contributed by atoms with Crippen molar-refractivity contribution in [3.05, 3.63) is 0 Å². The molecule has 0 radical (unpaired) electrons. The van der Waals surface area contributed by atoms with Crippen molar-refractivity contribution in [1.82, 2.24) is 5.32 Å². The van der Waals surface area contributed by atoms with Gasteiger partial charge in [-0.3, -0.25) is 0 Å². The standard InChI is InChI=1S/C10H19N/c1-2-4-10-9-6-3-5-8(9)7-11-10/h8-11H,2-7H2,1H3. The van der Waals surface area contributed by atoms with Crippen LogP contribution in [0.25, 0.3) is 0 Å². The molecule has 64 valence electrons. The van der Waals surface area contributed by atoms with Gasteiger partial charge < -0.3 is 5.32 Å². The smallest absolute Gasteiger partial charge is 0.00984 e. The molecule has 3 atom stereocenters. The Hall–Kier alpha value is -0.0400. The summed E-state index contributed by atoms with van der Waals surface area (Å²) in [7, 11) is 0. The molecule has 0 amide bonds. The molecule has 0 aromatic heterocycles. The second-order valence-corrected chi connectivity index (χ2v) is 4.16. The lowest BCUT2D eigenvalue weighted by Crippen LogP contribution is -2.26. The molecule has 2 aliphatic rings. The van der Waals surface area contributed by atoms with Crippen LogP contribution in [0.15, 0.2) is 0 Å². The highest BCUT2D eigenvalue weighted by atomic mass is 15.0. The van der Waals surface area contributed by atoms with Gasteiger partial charge in [0.1, 0.15) is 0 Å².